The van der Waals surface area contributed by atoms with Crippen LogP contribution in [0.4, 0.5) is 0 Å². The van der Waals surface area contributed by atoms with Crippen molar-refractivity contribution < 1.29 is 13.2 Å². The highest BCUT2D eigenvalue weighted by molar-refractivity contribution is 7.90. The first-order chi connectivity index (χ1) is 14.4. The molecule has 0 N–H and O–H groups in total. The molecule has 4 rings (SSSR count). The van der Waals surface area contributed by atoms with Gasteiger partial charge in [-0.1, -0.05) is 83.9 Å². The number of amides is 1. The van der Waals surface area contributed by atoms with Gasteiger partial charge in [0, 0.05) is 12.3 Å². The van der Waals surface area contributed by atoms with Crippen LogP contribution in [0, 0.1) is 13.8 Å². The minimum absolute atomic E-state index is 0.102. The standard InChI is InChI=1S/C25H23NO3S/c1-18-8-12-20(13-9-18)22-16-24(21-6-4-3-5-7-21)26(25(27)17-22)30(28,29)23-14-10-19(2)11-15-23/h3-16,22H,17H2,1-2H3/t22-/m1/s1. The molecule has 1 aliphatic rings. The normalized spacial score (nSPS) is 17.0. The molecule has 3 aromatic rings. The maximum Gasteiger partial charge on any atom is 0.270 e. The third-order valence-corrected chi connectivity index (χ3v) is 7.08. The third kappa shape index (κ3) is 3.81. The predicted molar refractivity (Wildman–Crippen MR) is 118 cm³/mol. The molecule has 0 saturated heterocycles. The van der Waals surface area contributed by atoms with Gasteiger partial charge in [0.1, 0.15) is 0 Å². The van der Waals surface area contributed by atoms with Crippen molar-refractivity contribution in [3.05, 3.63) is 107 Å². The Balaban J connectivity index is 1.85. The molecule has 0 radical (unpaired) electrons. The zero-order valence-corrected chi connectivity index (χ0v) is 17.8. The predicted octanol–water partition coefficient (Wildman–Crippen LogP) is 5.05. The Bertz CT molecular complexity index is 1200. The van der Waals surface area contributed by atoms with Crippen LogP contribution >= 0.6 is 0 Å². The van der Waals surface area contributed by atoms with Gasteiger partial charge < -0.3 is 0 Å². The zero-order valence-electron chi connectivity index (χ0n) is 16.9. The maximum absolute atomic E-state index is 13.4. The largest absolute Gasteiger partial charge is 0.273 e. The van der Waals surface area contributed by atoms with Crippen LogP contribution in [0.5, 0.6) is 0 Å². The van der Waals surface area contributed by atoms with Crippen LogP contribution in [-0.4, -0.2) is 18.6 Å². The number of carbonyl (C=O) groups excluding carboxylic acids is 1. The average molecular weight is 418 g/mol. The number of benzene rings is 3. The van der Waals surface area contributed by atoms with E-state index in [1.807, 2.05) is 74.5 Å². The number of nitrogens with zero attached hydrogens (tertiary/aromatic N) is 1. The van der Waals surface area contributed by atoms with E-state index in [0.717, 1.165) is 21.0 Å². The summed E-state index contributed by atoms with van der Waals surface area (Å²) in [6.45, 7) is 3.90. The topological polar surface area (TPSA) is 54.5 Å². The smallest absolute Gasteiger partial charge is 0.270 e. The second-order valence-corrected chi connectivity index (χ2v) is 9.40. The van der Waals surface area contributed by atoms with Crippen molar-refractivity contribution in [1.29, 1.82) is 0 Å². The van der Waals surface area contributed by atoms with E-state index in [1.165, 1.54) is 0 Å². The number of carbonyl (C=O) groups is 1. The Labute approximate surface area is 177 Å². The lowest BCUT2D eigenvalue weighted by atomic mass is 9.90. The summed E-state index contributed by atoms with van der Waals surface area (Å²) in [5, 5.41) is 0. The number of hydrogen-bond acceptors (Lipinski definition) is 3. The number of allylic oxidation sites excluding steroid dienone is 1. The second-order valence-electron chi connectivity index (χ2n) is 7.62. The van der Waals surface area contributed by atoms with Gasteiger partial charge >= 0.3 is 0 Å². The quantitative estimate of drug-likeness (QED) is 0.597. The lowest BCUT2D eigenvalue weighted by Gasteiger charge is -2.32. The van der Waals surface area contributed by atoms with E-state index >= 15 is 0 Å². The van der Waals surface area contributed by atoms with E-state index < -0.39 is 15.9 Å². The molecular formula is C25H23NO3S. The molecular weight excluding hydrogens is 394 g/mol. The van der Waals surface area contributed by atoms with Gasteiger partial charge in [0.2, 0.25) is 5.91 Å². The minimum atomic E-state index is -4.02. The third-order valence-electron chi connectivity index (χ3n) is 5.33. The van der Waals surface area contributed by atoms with Crippen molar-refractivity contribution in [2.75, 3.05) is 0 Å². The monoisotopic (exact) mass is 417 g/mol. The maximum atomic E-state index is 13.4. The van der Waals surface area contributed by atoms with Crippen LogP contribution in [0.25, 0.3) is 5.70 Å². The molecule has 0 spiro atoms. The molecule has 0 aromatic heterocycles. The average Bonchev–Trinajstić information content (AvgIpc) is 2.74. The first kappa shape index (κ1) is 20.1. The first-order valence-electron chi connectivity index (χ1n) is 9.85. The van der Waals surface area contributed by atoms with E-state index in [2.05, 4.69) is 0 Å². The van der Waals surface area contributed by atoms with Crippen molar-refractivity contribution in [3.63, 3.8) is 0 Å². The van der Waals surface area contributed by atoms with Crippen molar-refractivity contribution >= 4 is 21.6 Å². The fourth-order valence-corrected chi connectivity index (χ4v) is 5.11. The summed E-state index contributed by atoms with van der Waals surface area (Å²) in [5.41, 5.74) is 4.18. The first-order valence-corrected chi connectivity index (χ1v) is 11.3. The van der Waals surface area contributed by atoms with Crippen LogP contribution in [0.1, 0.15) is 34.6 Å². The molecule has 1 amide bonds. The zero-order chi connectivity index (χ0) is 21.3. The minimum Gasteiger partial charge on any atom is -0.273 e. The Kier molecular flexibility index (Phi) is 5.31. The Morgan fingerprint density at radius 2 is 1.37 bits per heavy atom. The van der Waals surface area contributed by atoms with Crippen LogP contribution in [0.3, 0.4) is 0 Å². The van der Waals surface area contributed by atoms with Crippen molar-refractivity contribution in [1.82, 2.24) is 4.31 Å². The van der Waals surface area contributed by atoms with E-state index in [0.29, 0.717) is 11.3 Å². The van der Waals surface area contributed by atoms with Gasteiger partial charge in [-0.05, 0) is 37.1 Å². The van der Waals surface area contributed by atoms with Crippen LogP contribution in [0.15, 0.2) is 89.8 Å². The van der Waals surface area contributed by atoms with Crippen molar-refractivity contribution in [2.24, 2.45) is 0 Å². The molecule has 0 aliphatic carbocycles. The Morgan fingerprint density at radius 1 is 0.800 bits per heavy atom. The Morgan fingerprint density at radius 3 is 1.97 bits per heavy atom. The van der Waals surface area contributed by atoms with E-state index in [-0.39, 0.29) is 17.2 Å². The molecule has 3 aromatic carbocycles. The number of rotatable bonds is 4. The number of aryl methyl sites for hydroxylation is 2. The molecule has 30 heavy (non-hydrogen) atoms. The summed E-state index contributed by atoms with van der Waals surface area (Å²) in [7, 11) is -4.02. The molecule has 0 unspecified atom stereocenters. The van der Waals surface area contributed by atoms with E-state index in [9.17, 15) is 13.2 Å². The lowest BCUT2D eigenvalue weighted by Crippen LogP contribution is -2.39. The highest BCUT2D eigenvalue weighted by atomic mass is 32.2. The molecule has 0 fully saturated rings. The van der Waals surface area contributed by atoms with Crippen LogP contribution in [-0.2, 0) is 14.8 Å². The van der Waals surface area contributed by atoms with Gasteiger partial charge in [0.05, 0.1) is 10.6 Å². The molecule has 0 bridgehead atoms. The molecule has 1 atom stereocenters. The summed E-state index contributed by atoms with van der Waals surface area (Å²) in [5.74, 6) is -0.611. The molecule has 1 aliphatic heterocycles. The molecule has 0 saturated carbocycles. The van der Waals surface area contributed by atoms with Gasteiger partial charge in [-0.2, -0.15) is 0 Å². The number of hydrogen-bond donors (Lipinski definition) is 0. The van der Waals surface area contributed by atoms with Crippen molar-refractivity contribution in [3.8, 4) is 0 Å². The summed E-state index contributed by atoms with van der Waals surface area (Å²) < 4.78 is 27.9. The highest BCUT2D eigenvalue weighted by Gasteiger charge is 2.37. The van der Waals surface area contributed by atoms with Crippen LogP contribution < -0.4 is 0 Å². The molecule has 1 heterocycles. The fraction of sp³-hybridized carbons (Fsp3) is 0.160. The number of sulfonamides is 1. The lowest BCUT2D eigenvalue weighted by molar-refractivity contribution is -0.124. The van der Waals surface area contributed by atoms with E-state index in [4.69, 9.17) is 0 Å². The summed E-state index contributed by atoms with van der Waals surface area (Å²) >= 11 is 0. The Hall–Kier alpha value is -3.18. The fourth-order valence-electron chi connectivity index (χ4n) is 3.65. The summed E-state index contributed by atoms with van der Waals surface area (Å²) in [6.07, 6.45) is 2.00. The SMILES string of the molecule is Cc1ccc([C@@H]2C=C(c3ccccc3)N(S(=O)(=O)c3ccc(C)cc3)C(=O)C2)cc1. The van der Waals surface area contributed by atoms with Gasteiger partial charge in [0.15, 0.2) is 0 Å². The summed E-state index contributed by atoms with van der Waals surface area (Å²) in [4.78, 5) is 13.3. The highest BCUT2D eigenvalue weighted by Crippen LogP contribution is 2.37. The molecule has 5 heteroatoms. The van der Waals surface area contributed by atoms with Gasteiger partial charge in [-0.3, -0.25) is 4.79 Å². The summed E-state index contributed by atoms with van der Waals surface area (Å²) in [6, 6.07) is 23.8. The van der Waals surface area contributed by atoms with E-state index in [1.54, 1.807) is 24.3 Å². The second kappa shape index (κ2) is 7.92. The van der Waals surface area contributed by atoms with Gasteiger partial charge in [0.25, 0.3) is 10.0 Å². The molecule has 4 nitrogen and oxygen atoms in total. The van der Waals surface area contributed by atoms with Gasteiger partial charge in [-0.25, -0.2) is 12.7 Å². The molecule has 152 valence electrons. The van der Waals surface area contributed by atoms with Crippen LogP contribution in [0.2, 0.25) is 0 Å². The van der Waals surface area contributed by atoms with Crippen molar-refractivity contribution in [2.45, 2.75) is 31.1 Å². The van der Waals surface area contributed by atoms with Gasteiger partial charge in [-0.15, -0.1) is 0 Å².